The van der Waals surface area contributed by atoms with Gasteiger partial charge in [-0.05, 0) is 12.1 Å². The van der Waals surface area contributed by atoms with Gasteiger partial charge < -0.3 is 0 Å². The van der Waals surface area contributed by atoms with E-state index in [-0.39, 0.29) is 5.92 Å². The molecule has 0 spiro atoms. The molecule has 4 nitrogen and oxygen atoms in total. The molecule has 110 valence electrons. The van der Waals surface area contributed by atoms with Crippen molar-refractivity contribution in [3.63, 3.8) is 0 Å². The summed E-state index contributed by atoms with van der Waals surface area (Å²) in [6.45, 7) is 4.03. The van der Waals surface area contributed by atoms with Crippen molar-refractivity contribution in [2.24, 2.45) is 0 Å². The first-order chi connectivity index (χ1) is 9.86. The average Bonchev–Trinajstić information content (AvgIpc) is 2.97. The topological polar surface area (TPSA) is 43.1 Å². The largest absolute Gasteiger partial charge is 0.416 e. The summed E-state index contributed by atoms with van der Waals surface area (Å²) in [5.74, 6) is 0.707. The molecule has 2 aromatic heterocycles. The van der Waals surface area contributed by atoms with E-state index in [0.29, 0.717) is 16.3 Å². The first kappa shape index (κ1) is 14.0. The molecule has 2 heterocycles. The van der Waals surface area contributed by atoms with Gasteiger partial charge in [-0.1, -0.05) is 37.3 Å². The predicted molar refractivity (Wildman–Crippen MR) is 73.2 cm³/mol. The molecular formula is C13H11F3N4S. The van der Waals surface area contributed by atoms with E-state index in [2.05, 4.69) is 15.3 Å². The molecule has 0 amide bonds. The fourth-order valence-electron chi connectivity index (χ4n) is 1.85. The van der Waals surface area contributed by atoms with Crippen LogP contribution in [0.5, 0.6) is 0 Å². The minimum absolute atomic E-state index is 0.261. The summed E-state index contributed by atoms with van der Waals surface area (Å²) in [5.41, 5.74) is -0.135. The van der Waals surface area contributed by atoms with E-state index in [4.69, 9.17) is 0 Å². The Morgan fingerprint density at radius 2 is 1.76 bits per heavy atom. The summed E-state index contributed by atoms with van der Waals surface area (Å²) < 4.78 is 39.3. The zero-order valence-electron chi connectivity index (χ0n) is 11.2. The molecule has 8 heteroatoms. The van der Waals surface area contributed by atoms with Gasteiger partial charge >= 0.3 is 6.18 Å². The second kappa shape index (κ2) is 4.80. The first-order valence-corrected chi connectivity index (χ1v) is 7.07. The highest BCUT2D eigenvalue weighted by atomic mass is 32.1. The molecule has 0 bridgehead atoms. The third kappa shape index (κ3) is 2.51. The van der Waals surface area contributed by atoms with E-state index in [1.54, 1.807) is 4.52 Å². The minimum Gasteiger partial charge on any atom is -0.183 e. The summed E-state index contributed by atoms with van der Waals surface area (Å²) in [5, 5.41) is 13.3. The molecule has 0 saturated carbocycles. The van der Waals surface area contributed by atoms with Crippen molar-refractivity contribution in [2.75, 3.05) is 0 Å². The van der Waals surface area contributed by atoms with Gasteiger partial charge in [0.15, 0.2) is 5.82 Å². The van der Waals surface area contributed by atoms with Gasteiger partial charge in [-0.25, -0.2) is 0 Å². The van der Waals surface area contributed by atoms with Crippen LogP contribution in [0.25, 0.3) is 16.3 Å². The lowest BCUT2D eigenvalue weighted by Gasteiger charge is -2.06. The number of hydrogen-bond acceptors (Lipinski definition) is 4. The van der Waals surface area contributed by atoms with Crippen molar-refractivity contribution in [1.82, 2.24) is 19.8 Å². The lowest BCUT2D eigenvalue weighted by atomic mass is 10.1. The molecule has 0 radical (unpaired) electrons. The van der Waals surface area contributed by atoms with Crippen LogP contribution in [0.3, 0.4) is 0 Å². The van der Waals surface area contributed by atoms with Gasteiger partial charge in [0.2, 0.25) is 4.96 Å². The maximum Gasteiger partial charge on any atom is 0.416 e. The normalized spacial score (nSPS) is 12.5. The smallest absolute Gasteiger partial charge is 0.183 e. The van der Waals surface area contributed by atoms with Crippen molar-refractivity contribution < 1.29 is 13.2 Å². The first-order valence-electron chi connectivity index (χ1n) is 6.26. The summed E-state index contributed by atoms with van der Waals surface area (Å²) in [7, 11) is 0. The lowest BCUT2D eigenvalue weighted by Crippen LogP contribution is -2.04. The van der Waals surface area contributed by atoms with Crippen molar-refractivity contribution in [1.29, 1.82) is 0 Å². The molecule has 1 aromatic carbocycles. The van der Waals surface area contributed by atoms with Gasteiger partial charge in [0, 0.05) is 11.5 Å². The minimum atomic E-state index is -4.34. The number of hydrogen-bond donors (Lipinski definition) is 0. The molecule has 0 fully saturated rings. The fraction of sp³-hybridized carbons (Fsp3) is 0.308. The Hall–Kier alpha value is -1.96. The van der Waals surface area contributed by atoms with Gasteiger partial charge in [-0.3, -0.25) is 0 Å². The van der Waals surface area contributed by atoms with Gasteiger partial charge in [0.1, 0.15) is 5.01 Å². The summed E-state index contributed by atoms with van der Waals surface area (Å²) >= 11 is 1.43. The number of nitrogens with zero attached hydrogens (tertiary/aromatic N) is 4. The van der Waals surface area contributed by atoms with Gasteiger partial charge in [0.25, 0.3) is 0 Å². The molecule has 0 unspecified atom stereocenters. The molecule has 21 heavy (non-hydrogen) atoms. The van der Waals surface area contributed by atoms with Crippen LogP contribution in [0.4, 0.5) is 13.2 Å². The highest BCUT2D eigenvalue weighted by molar-refractivity contribution is 7.16. The number of rotatable bonds is 2. The van der Waals surface area contributed by atoms with Crippen LogP contribution in [0.2, 0.25) is 0 Å². The van der Waals surface area contributed by atoms with Crippen LogP contribution in [-0.2, 0) is 6.18 Å². The third-order valence-corrected chi connectivity index (χ3v) is 4.17. The number of aromatic nitrogens is 4. The van der Waals surface area contributed by atoms with Crippen LogP contribution < -0.4 is 0 Å². The molecule has 3 aromatic rings. The van der Waals surface area contributed by atoms with E-state index in [9.17, 15) is 13.2 Å². The average molecular weight is 312 g/mol. The SMILES string of the molecule is CC(C)c1nn2c(-c3ccc(C(F)(F)F)cc3)nnc2s1. The second-order valence-electron chi connectivity index (χ2n) is 4.89. The van der Waals surface area contributed by atoms with E-state index in [1.165, 1.54) is 23.5 Å². The maximum atomic E-state index is 12.6. The predicted octanol–water partition coefficient (Wildman–Crippen LogP) is 4.00. The van der Waals surface area contributed by atoms with Gasteiger partial charge in [-0.15, -0.1) is 10.2 Å². The van der Waals surface area contributed by atoms with Crippen LogP contribution >= 0.6 is 11.3 Å². The van der Waals surface area contributed by atoms with Gasteiger partial charge in [-0.2, -0.15) is 22.8 Å². The fourth-order valence-corrected chi connectivity index (χ4v) is 2.69. The van der Waals surface area contributed by atoms with E-state index < -0.39 is 11.7 Å². The zero-order chi connectivity index (χ0) is 15.2. The van der Waals surface area contributed by atoms with Gasteiger partial charge in [0.05, 0.1) is 5.56 Å². The van der Waals surface area contributed by atoms with Crippen LogP contribution in [0.15, 0.2) is 24.3 Å². The van der Waals surface area contributed by atoms with Crippen molar-refractivity contribution in [3.05, 3.63) is 34.8 Å². The Morgan fingerprint density at radius 1 is 1.10 bits per heavy atom. The van der Waals surface area contributed by atoms with Crippen molar-refractivity contribution >= 4 is 16.3 Å². The van der Waals surface area contributed by atoms with E-state index in [0.717, 1.165) is 17.1 Å². The second-order valence-corrected chi connectivity index (χ2v) is 5.88. The summed E-state index contributed by atoms with van der Waals surface area (Å²) in [4.78, 5) is 0.633. The molecule has 0 atom stereocenters. The zero-order valence-corrected chi connectivity index (χ0v) is 12.0. The summed E-state index contributed by atoms with van der Waals surface area (Å²) in [6.07, 6.45) is -4.34. The molecule has 0 aliphatic carbocycles. The number of halogens is 3. The highest BCUT2D eigenvalue weighted by Gasteiger charge is 2.30. The molecule has 0 aliphatic heterocycles. The van der Waals surface area contributed by atoms with Crippen LogP contribution in [0.1, 0.15) is 30.3 Å². The standard InChI is InChI=1S/C13H11F3N4S/c1-7(2)11-19-20-10(17-18-12(20)21-11)8-3-5-9(6-4-8)13(14,15)16/h3-7H,1-2H3. The Morgan fingerprint density at radius 3 is 2.33 bits per heavy atom. The van der Waals surface area contributed by atoms with Crippen LogP contribution in [0, 0.1) is 0 Å². The Kier molecular flexibility index (Phi) is 3.20. The Labute approximate surface area is 122 Å². The summed E-state index contributed by atoms with van der Waals surface area (Å²) in [6, 6.07) is 4.83. The van der Waals surface area contributed by atoms with Crippen molar-refractivity contribution in [2.45, 2.75) is 25.9 Å². The Balaban J connectivity index is 2.04. The molecule has 0 aliphatic rings. The van der Waals surface area contributed by atoms with E-state index >= 15 is 0 Å². The van der Waals surface area contributed by atoms with Crippen LogP contribution in [-0.4, -0.2) is 19.8 Å². The van der Waals surface area contributed by atoms with Crippen molar-refractivity contribution in [3.8, 4) is 11.4 Å². The third-order valence-electron chi connectivity index (χ3n) is 2.97. The number of fused-ring (bicyclic) bond motifs is 1. The molecular weight excluding hydrogens is 301 g/mol. The number of benzene rings is 1. The number of alkyl halides is 3. The quantitative estimate of drug-likeness (QED) is 0.718. The lowest BCUT2D eigenvalue weighted by molar-refractivity contribution is -0.137. The highest BCUT2D eigenvalue weighted by Crippen LogP contribution is 2.31. The molecule has 3 rings (SSSR count). The maximum absolute atomic E-state index is 12.6. The molecule has 0 saturated heterocycles. The van der Waals surface area contributed by atoms with E-state index in [1.807, 2.05) is 13.8 Å². The Bertz CT molecular complexity index is 771. The monoisotopic (exact) mass is 312 g/mol. The molecule has 0 N–H and O–H groups in total.